The fourth-order valence-electron chi connectivity index (χ4n) is 0.885. The number of hydrogen-bond donors (Lipinski definition) is 1. The molecular formula is C8H12Cl2N2. The van der Waals surface area contributed by atoms with Crippen molar-refractivity contribution in [2.45, 2.75) is 18.9 Å². The Bertz CT molecular complexity index is 212. The molecule has 1 N–H and O–H groups in total. The highest BCUT2D eigenvalue weighted by Crippen LogP contribution is 2.22. The van der Waals surface area contributed by atoms with Crippen LogP contribution in [0, 0.1) is 0 Å². The highest BCUT2D eigenvalue weighted by Gasteiger charge is 2.20. The summed E-state index contributed by atoms with van der Waals surface area (Å²) in [5, 5.41) is 3.30. The summed E-state index contributed by atoms with van der Waals surface area (Å²) in [6, 6.07) is 6.63. The first-order valence-electron chi connectivity index (χ1n) is 3.63. The van der Waals surface area contributed by atoms with E-state index in [-0.39, 0.29) is 24.8 Å². The molecule has 1 fully saturated rings. The molecule has 12 heavy (non-hydrogen) atoms. The Morgan fingerprint density at radius 2 is 2.00 bits per heavy atom. The molecule has 0 aromatic carbocycles. The van der Waals surface area contributed by atoms with Crippen LogP contribution in [-0.2, 0) is 0 Å². The van der Waals surface area contributed by atoms with E-state index in [1.807, 2.05) is 24.4 Å². The molecule has 0 atom stereocenters. The summed E-state index contributed by atoms with van der Waals surface area (Å²) in [5.74, 6) is 1.00. The minimum atomic E-state index is 0. The molecule has 0 amide bonds. The van der Waals surface area contributed by atoms with E-state index in [0.29, 0.717) is 6.04 Å². The van der Waals surface area contributed by atoms with Crippen molar-refractivity contribution >= 4 is 30.6 Å². The van der Waals surface area contributed by atoms with Gasteiger partial charge in [0, 0.05) is 12.2 Å². The Hall–Kier alpha value is -0.470. The SMILES string of the molecule is Cl.Cl.c1ccc(NC2CC2)nc1. The molecule has 0 radical (unpaired) electrons. The molecule has 1 aliphatic rings. The van der Waals surface area contributed by atoms with Gasteiger partial charge in [0.25, 0.3) is 0 Å². The number of hydrogen-bond acceptors (Lipinski definition) is 2. The highest BCUT2D eigenvalue weighted by molar-refractivity contribution is 5.85. The molecule has 1 aromatic heterocycles. The molecule has 0 unspecified atom stereocenters. The minimum absolute atomic E-state index is 0. The van der Waals surface area contributed by atoms with Gasteiger partial charge in [0.2, 0.25) is 0 Å². The predicted octanol–water partition coefficient (Wildman–Crippen LogP) is 2.50. The van der Waals surface area contributed by atoms with Crippen LogP contribution in [0.5, 0.6) is 0 Å². The Kier molecular flexibility index (Phi) is 5.02. The Morgan fingerprint density at radius 3 is 2.50 bits per heavy atom. The van der Waals surface area contributed by atoms with Crippen LogP contribution in [0.25, 0.3) is 0 Å². The van der Waals surface area contributed by atoms with Gasteiger partial charge in [-0.15, -0.1) is 24.8 Å². The van der Waals surface area contributed by atoms with E-state index in [1.54, 1.807) is 0 Å². The standard InChI is InChI=1S/C8H10N2.2ClH/c1-2-6-9-8(3-1)10-7-4-5-7;;/h1-3,6-7H,4-5H2,(H,9,10);2*1H. The van der Waals surface area contributed by atoms with Crippen molar-refractivity contribution in [3.8, 4) is 0 Å². The zero-order valence-electron chi connectivity index (χ0n) is 6.56. The molecule has 1 aromatic rings. The van der Waals surface area contributed by atoms with E-state index in [1.165, 1.54) is 12.8 Å². The van der Waals surface area contributed by atoms with E-state index in [9.17, 15) is 0 Å². The third-order valence-corrected chi connectivity index (χ3v) is 1.59. The van der Waals surface area contributed by atoms with Crippen LogP contribution in [0.3, 0.4) is 0 Å². The Morgan fingerprint density at radius 1 is 1.25 bits per heavy atom. The number of nitrogens with zero attached hydrogens (tertiary/aromatic N) is 1. The molecule has 0 aliphatic heterocycles. The van der Waals surface area contributed by atoms with Gasteiger partial charge < -0.3 is 5.32 Å². The molecule has 1 heterocycles. The predicted molar refractivity (Wildman–Crippen MR) is 55.4 cm³/mol. The van der Waals surface area contributed by atoms with Crippen LogP contribution in [0.1, 0.15) is 12.8 Å². The first-order chi connectivity index (χ1) is 4.95. The first kappa shape index (κ1) is 11.5. The van der Waals surface area contributed by atoms with Crippen molar-refractivity contribution in [2.75, 3.05) is 5.32 Å². The maximum absolute atomic E-state index is 4.15. The fraction of sp³-hybridized carbons (Fsp3) is 0.375. The Labute approximate surface area is 84.6 Å². The van der Waals surface area contributed by atoms with E-state index in [2.05, 4.69) is 10.3 Å². The molecule has 4 heteroatoms. The molecule has 0 spiro atoms. The molecule has 2 nitrogen and oxygen atoms in total. The minimum Gasteiger partial charge on any atom is -0.367 e. The van der Waals surface area contributed by atoms with Gasteiger partial charge in [0.15, 0.2) is 0 Å². The van der Waals surface area contributed by atoms with Gasteiger partial charge in [-0.3, -0.25) is 0 Å². The van der Waals surface area contributed by atoms with Gasteiger partial charge in [-0.1, -0.05) is 6.07 Å². The van der Waals surface area contributed by atoms with E-state index < -0.39 is 0 Å². The van der Waals surface area contributed by atoms with Gasteiger partial charge in [-0.2, -0.15) is 0 Å². The molecule has 0 bridgehead atoms. The fourth-order valence-corrected chi connectivity index (χ4v) is 0.885. The van der Waals surface area contributed by atoms with Gasteiger partial charge in [-0.25, -0.2) is 4.98 Å². The summed E-state index contributed by atoms with van der Waals surface area (Å²) in [7, 11) is 0. The molecular weight excluding hydrogens is 195 g/mol. The summed E-state index contributed by atoms with van der Waals surface area (Å²) in [5.41, 5.74) is 0. The van der Waals surface area contributed by atoms with E-state index >= 15 is 0 Å². The number of halogens is 2. The normalized spacial score (nSPS) is 14.0. The molecule has 2 rings (SSSR count). The van der Waals surface area contributed by atoms with Crippen LogP contribution in [0.15, 0.2) is 24.4 Å². The monoisotopic (exact) mass is 206 g/mol. The second kappa shape index (κ2) is 5.22. The lowest BCUT2D eigenvalue weighted by atomic mass is 10.4. The van der Waals surface area contributed by atoms with Crippen molar-refractivity contribution in [3.63, 3.8) is 0 Å². The average molecular weight is 207 g/mol. The summed E-state index contributed by atoms with van der Waals surface area (Å²) in [6.45, 7) is 0. The molecule has 0 saturated heterocycles. The van der Waals surface area contributed by atoms with E-state index in [0.717, 1.165) is 5.82 Å². The highest BCUT2D eigenvalue weighted by atomic mass is 35.5. The van der Waals surface area contributed by atoms with Crippen molar-refractivity contribution in [2.24, 2.45) is 0 Å². The summed E-state index contributed by atoms with van der Waals surface area (Å²) in [6.07, 6.45) is 4.41. The number of nitrogens with one attached hydrogen (secondary N) is 1. The lowest BCUT2D eigenvalue weighted by Crippen LogP contribution is -2.01. The zero-order valence-corrected chi connectivity index (χ0v) is 8.20. The molecule has 1 aliphatic carbocycles. The van der Waals surface area contributed by atoms with Crippen molar-refractivity contribution in [3.05, 3.63) is 24.4 Å². The van der Waals surface area contributed by atoms with Gasteiger partial charge >= 0.3 is 0 Å². The first-order valence-corrected chi connectivity index (χ1v) is 3.63. The lowest BCUT2D eigenvalue weighted by Gasteiger charge is -1.99. The van der Waals surface area contributed by atoms with Crippen molar-refractivity contribution in [1.29, 1.82) is 0 Å². The molecule has 1 saturated carbocycles. The van der Waals surface area contributed by atoms with Crippen LogP contribution in [0.4, 0.5) is 5.82 Å². The number of pyridine rings is 1. The van der Waals surface area contributed by atoms with Crippen molar-refractivity contribution < 1.29 is 0 Å². The maximum atomic E-state index is 4.15. The lowest BCUT2D eigenvalue weighted by molar-refractivity contribution is 1.11. The largest absolute Gasteiger partial charge is 0.367 e. The summed E-state index contributed by atoms with van der Waals surface area (Å²) >= 11 is 0. The second-order valence-corrected chi connectivity index (χ2v) is 2.63. The Balaban J connectivity index is 0.000000605. The quantitative estimate of drug-likeness (QED) is 0.805. The third-order valence-electron chi connectivity index (χ3n) is 1.59. The topological polar surface area (TPSA) is 24.9 Å². The van der Waals surface area contributed by atoms with Gasteiger partial charge in [0.1, 0.15) is 5.82 Å². The average Bonchev–Trinajstić information content (AvgIpc) is 2.74. The van der Waals surface area contributed by atoms with Crippen molar-refractivity contribution in [1.82, 2.24) is 4.98 Å². The summed E-state index contributed by atoms with van der Waals surface area (Å²) < 4.78 is 0. The van der Waals surface area contributed by atoms with Gasteiger partial charge in [0.05, 0.1) is 0 Å². The van der Waals surface area contributed by atoms with Crippen LogP contribution in [0.2, 0.25) is 0 Å². The maximum Gasteiger partial charge on any atom is 0.126 e. The second-order valence-electron chi connectivity index (χ2n) is 2.63. The van der Waals surface area contributed by atoms with Crippen LogP contribution < -0.4 is 5.32 Å². The third kappa shape index (κ3) is 3.28. The van der Waals surface area contributed by atoms with Crippen LogP contribution in [-0.4, -0.2) is 11.0 Å². The van der Waals surface area contributed by atoms with Crippen LogP contribution >= 0.6 is 24.8 Å². The van der Waals surface area contributed by atoms with Gasteiger partial charge in [-0.05, 0) is 25.0 Å². The van der Waals surface area contributed by atoms with E-state index in [4.69, 9.17) is 0 Å². The smallest absolute Gasteiger partial charge is 0.126 e. The number of aromatic nitrogens is 1. The summed E-state index contributed by atoms with van der Waals surface area (Å²) in [4.78, 5) is 4.15. The number of anilines is 1. The number of rotatable bonds is 2. The zero-order chi connectivity index (χ0) is 6.81. The molecule has 68 valence electrons.